The van der Waals surface area contributed by atoms with E-state index >= 15 is 0 Å². The van der Waals surface area contributed by atoms with Gasteiger partial charge in [0, 0.05) is 34.5 Å². The average Bonchev–Trinajstić information content (AvgIpc) is 3.00. The molecule has 0 spiro atoms. The lowest BCUT2D eigenvalue weighted by atomic mass is 9.97. The summed E-state index contributed by atoms with van der Waals surface area (Å²) in [4.78, 5) is 13.1. The van der Waals surface area contributed by atoms with E-state index < -0.39 is 14.4 Å². The number of aliphatic hydroxyl groups is 1. The summed E-state index contributed by atoms with van der Waals surface area (Å²) in [5, 5.41) is 11.9. The Hall–Kier alpha value is -2.60. The molecule has 226 valence electrons. The third-order valence-electron chi connectivity index (χ3n) is 7.53. The molecule has 0 aliphatic heterocycles. The van der Waals surface area contributed by atoms with Gasteiger partial charge in [0.2, 0.25) is 0 Å². The zero-order valence-electron chi connectivity index (χ0n) is 25.7. The SMILES string of the molecule is COPC[C@@H](CCCO)C(/C=C\C[C@H](C)O[Si](c1ccccc1)(c1ccccc1)C(C)(C)C)OC(=O)c1ccccc1. The highest BCUT2D eigenvalue weighted by Gasteiger charge is 2.50. The Kier molecular flexibility index (Phi) is 13.6. The number of benzene rings is 3. The quantitative estimate of drug-likeness (QED) is 0.0846. The number of ether oxygens (including phenoxy) is 1. The molecule has 0 amide bonds. The molecule has 0 aliphatic carbocycles. The number of carbonyl (C=O) groups is 1. The zero-order valence-corrected chi connectivity index (χ0v) is 27.7. The van der Waals surface area contributed by atoms with E-state index in [0.29, 0.717) is 27.2 Å². The van der Waals surface area contributed by atoms with Crippen LogP contribution in [0.5, 0.6) is 0 Å². The Morgan fingerprint density at radius 2 is 1.48 bits per heavy atom. The lowest BCUT2D eigenvalue weighted by molar-refractivity contribution is 0.0279. The van der Waals surface area contributed by atoms with Crippen molar-refractivity contribution in [3.05, 3.63) is 109 Å². The summed E-state index contributed by atoms with van der Waals surface area (Å²) in [6.45, 7) is 9.07. The van der Waals surface area contributed by atoms with E-state index in [0.717, 1.165) is 12.6 Å². The Balaban J connectivity index is 1.88. The van der Waals surface area contributed by atoms with Gasteiger partial charge in [0.05, 0.1) is 5.56 Å². The minimum atomic E-state index is -2.68. The molecule has 1 N–H and O–H groups in total. The van der Waals surface area contributed by atoms with Crippen LogP contribution >= 0.6 is 8.81 Å². The smallest absolute Gasteiger partial charge is 0.338 e. The van der Waals surface area contributed by atoms with Crippen molar-refractivity contribution < 1.29 is 23.6 Å². The second kappa shape index (κ2) is 16.9. The fourth-order valence-electron chi connectivity index (χ4n) is 5.43. The summed E-state index contributed by atoms with van der Waals surface area (Å²) in [7, 11) is -0.702. The van der Waals surface area contributed by atoms with E-state index in [1.807, 2.05) is 24.3 Å². The highest BCUT2D eigenvalue weighted by Crippen LogP contribution is 2.38. The Bertz CT molecular complexity index is 1170. The lowest BCUT2D eigenvalue weighted by Crippen LogP contribution is -2.67. The van der Waals surface area contributed by atoms with Gasteiger partial charge in [0.25, 0.3) is 8.32 Å². The van der Waals surface area contributed by atoms with Crippen molar-refractivity contribution in [1.82, 2.24) is 0 Å². The number of aliphatic hydroxyl groups excluding tert-OH is 1. The average molecular weight is 607 g/mol. The van der Waals surface area contributed by atoms with E-state index in [1.165, 1.54) is 10.4 Å². The summed E-state index contributed by atoms with van der Waals surface area (Å²) in [6.07, 6.45) is 6.38. The minimum Gasteiger partial charge on any atom is -0.454 e. The van der Waals surface area contributed by atoms with Crippen LogP contribution in [0.1, 0.15) is 57.3 Å². The molecule has 5 nitrogen and oxygen atoms in total. The molecule has 0 bridgehead atoms. The van der Waals surface area contributed by atoms with Crippen molar-refractivity contribution in [2.24, 2.45) is 5.92 Å². The molecule has 0 aromatic heterocycles. The first-order valence-electron chi connectivity index (χ1n) is 14.8. The number of rotatable bonds is 16. The van der Waals surface area contributed by atoms with E-state index in [9.17, 15) is 9.90 Å². The Morgan fingerprint density at radius 3 is 1.98 bits per heavy atom. The van der Waals surface area contributed by atoms with Gasteiger partial charge in [-0.05, 0) is 66.0 Å². The Labute approximate surface area is 255 Å². The number of hydrogen-bond acceptors (Lipinski definition) is 5. The first-order valence-corrected chi connectivity index (χ1v) is 17.8. The van der Waals surface area contributed by atoms with Crippen LogP contribution in [0.3, 0.4) is 0 Å². The molecule has 7 heteroatoms. The highest BCUT2D eigenvalue weighted by molar-refractivity contribution is 7.32. The van der Waals surface area contributed by atoms with Gasteiger partial charge in [-0.15, -0.1) is 0 Å². The van der Waals surface area contributed by atoms with Crippen LogP contribution in [0.15, 0.2) is 103 Å². The van der Waals surface area contributed by atoms with Gasteiger partial charge in [0.15, 0.2) is 0 Å². The van der Waals surface area contributed by atoms with Crippen LogP contribution in [0.25, 0.3) is 0 Å². The van der Waals surface area contributed by atoms with Crippen LogP contribution in [-0.4, -0.2) is 51.5 Å². The van der Waals surface area contributed by atoms with Gasteiger partial charge in [-0.1, -0.05) is 106 Å². The van der Waals surface area contributed by atoms with Gasteiger partial charge < -0.3 is 18.8 Å². The van der Waals surface area contributed by atoms with Crippen molar-refractivity contribution in [3.63, 3.8) is 0 Å². The second-order valence-electron chi connectivity index (χ2n) is 11.7. The molecule has 4 atom stereocenters. The van der Waals surface area contributed by atoms with Gasteiger partial charge in [0.1, 0.15) is 6.10 Å². The van der Waals surface area contributed by atoms with Crippen molar-refractivity contribution in [1.29, 1.82) is 0 Å². The summed E-state index contributed by atoms with van der Waals surface area (Å²) in [5.74, 6) is -0.316. The molecule has 0 aliphatic rings. The third kappa shape index (κ3) is 9.20. The third-order valence-corrected chi connectivity index (χ3v) is 13.7. The molecule has 0 saturated heterocycles. The van der Waals surface area contributed by atoms with Crippen LogP contribution in [0.2, 0.25) is 5.04 Å². The van der Waals surface area contributed by atoms with Crippen molar-refractivity contribution in [2.75, 3.05) is 19.9 Å². The van der Waals surface area contributed by atoms with E-state index in [-0.39, 0.29) is 29.6 Å². The van der Waals surface area contributed by atoms with Crippen LogP contribution in [0, 0.1) is 5.92 Å². The van der Waals surface area contributed by atoms with Crippen molar-refractivity contribution in [3.8, 4) is 0 Å². The minimum absolute atomic E-state index is 0.0345. The van der Waals surface area contributed by atoms with Gasteiger partial charge >= 0.3 is 5.97 Å². The molecule has 3 aromatic rings. The van der Waals surface area contributed by atoms with E-state index in [4.69, 9.17) is 13.7 Å². The zero-order chi connectivity index (χ0) is 30.4. The monoisotopic (exact) mass is 606 g/mol. The number of carbonyl (C=O) groups excluding carboxylic acids is 1. The van der Waals surface area contributed by atoms with Gasteiger partial charge in [-0.25, -0.2) is 4.79 Å². The molecular formula is C35H47O5PSi. The topological polar surface area (TPSA) is 65.0 Å². The summed E-state index contributed by atoms with van der Waals surface area (Å²) in [6, 6.07) is 30.4. The summed E-state index contributed by atoms with van der Waals surface area (Å²) < 4.78 is 18.7. The van der Waals surface area contributed by atoms with E-state index in [2.05, 4.69) is 94.4 Å². The predicted molar refractivity (Wildman–Crippen MR) is 178 cm³/mol. The molecule has 3 aromatic carbocycles. The van der Waals surface area contributed by atoms with Gasteiger partial charge in [-0.2, -0.15) is 0 Å². The van der Waals surface area contributed by atoms with Crippen molar-refractivity contribution in [2.45, 2.75) is 64.2 Å². The van der Waals surface area contributed by atoms with Gasteiger partial charge in [-0.3, -0.25) is 0 Å². The number of hydrogen-bond donors (Lipinski definition) is 1. The maximum absolute atomic E-state index is 13.1. The normalized spacial score (nSPS) is 14.7. The molecule has 0 fully saturated rings. The summed E-state index contributed by atoms with van der Waals surface area (Å²) in [5.41, 5.74) is 0.523. The summed E-state index contributed by atoms with van der Waals surface area (Å²) >= 11 is 0. The molecular weight excluding hydrogens is 559 g/mol. The lowest BCUT2D eigenvalue weighted by Gasteiger charge is -2.44. The Morgan fingerprint density at radius 1 is 0.929 bits per heavy atom. The van der Waals surface area contributed by atoms with Crippen LogP contribution in [0.4, 0.5) is 0 Å². The van der Waals surface area contributed by atoms with E-state index in [1.54, 1.807) is 19.2 Å². The number of esters is 1. The first kappa shape index (κ1) is 33.9. The van der Waals surface area contributed by atoms with Crippen LogP contribution < -0.4 is 10.4 Å². The van der Waals surface area contributed by atoms with Crippen LogP contribution in [-0.2, 0) is 13.7 Å². The first-order chi connectivity index (χ1) is 20.2. The predicted octanol–water partition coefficient (Wildman–Crippen LogP) is 6.75. The second-order valence-corrected chi connectivity index (χ2v) is 17.0. The molecule has 2 unspecified atom stereocenters. The standard InChI is InChI=1S/C35H47O5PSi/c1-28(40-42(35(2,3)4,31-21-11-7-12-22-31)32-23-13-8-14-24-32)17-15-25-33(30(20-16-26-36)27-41-38-5)39-34(37)29-18-9-6-10-19-29/h6-15,18-19,21-25,28,30,33,36,41H,16-17,20,26-27H2,1-5H3/b25-15-/t28-,30+,33?/m0/s1. The molecule has 0 radical (unpaired) electrons. The molecule has 3 rings (SSSR count). The maximum Gasteiger partial charge on any atom is 0.338 e. The van der Waals surface area contributed by atoms with Crippen molar-refractivity contribution >= 4 is 33.5 Å². The molecule has 42 heavy (non-hydrogen) atoms. The maximum atomic E-state index is 13.1. The fourth-order valence-corrected chi connectivity index (χ4v) is 11.0. The molecule has 0 saturated carbocycles. The highest BCUT2D eigenvalue weighted by atomic mass is 31.1. The largest absolute Gasteiger partial charge is 0.454 e. The fraction of sp³-hybridized carbons (Fsp3) is 0.400. The molecule has 0 heterocycles.